The molecule has 1 aliphatic heterocycles. The molecule has 1 nitrogen and oxygen atoms in total. The van der Waals surface area contributed by atoms with Crippen LogP contribution < -0.4 is 0 Å². The Labute approximate surface area is 74.8 Å². The zero-order valence-corrected chi connectivity index (χ0v) is 7.47. The Morgan fingerprint density at radius 1 is 1.33 bits per heavy atom. The molecule has 1 heterocycles. The SMILES string of the molecule is C#CCCCN1C(=C)CCC1=C. The maximum Gasteiger partial charge on any atom is 0.0233 e. The normalized spacial score (nSPS) is 16.8. The Morgan fingerprint density at radius 2 is 1.92 bits per heavy atom. The van der Waals surface area contributed by atoms with Gasteiger partial charge < -0.3 is 4.90 Å². The molecule has 0 unspecified atom stereocenters. The van der Waals surface area contributed by atoms with Crippen molar-refractivity contribution >= 4 is 0 Å². The summed E-state index contributed by atoms with van der Waals surface area (Å²) in [4.78, 5) is 2.19. The highest BCUT2D eigenvalue weighted by molar-refractivity contribution is 5.15. The Balaban J connectivity index is 2.36. The van der Waals surface area contributed by atoms with Crippen LogP contribution in [-0.4, -0.2) is 11.4 Å². The Bertz CT molecular complexity index is 216. The zero-order chi connectivity index (χ0) is 8.97. The second-order valence-electron chi connectivity index (χ2n) is 3.09. The van der Waals surface area contributed by atoms with Gasteiger partial charge in [-0.25, -0.2) is 0 Å². The van der Waals surface area contributed by atoms with Gasteiger partial charge in [0.1, 0.15) is 0 Å². The first kappa shape index (κ1) is 8.93. The molecule has 12 heavy (non-hydrogen) atoms. The molecule has 0 aromatic rings. The van der Waals surface area contributed by atoms with E-state index in [0.29, 0.717) is 0 Å². The second kappa shape index (κ2) is 4.01. The number of unbranched alkanes of at least 4 members (excludes halogenated alkanes) is 1. The highest BCUT2D eigenvalue weighted by Crippen LogP contribution is 2.27. The van der Waals surface area contributed by atoms with Crippen molar-refractivity contribution in [2.24, 2.45) is 0 Å². The van der Waals surface area contributed by atoms with Crippen molar-refractivity contribution in [1.29, 1.82) is 0 Å². The van der Waals surface area contributed by atoms with Gasteiger partial charge in [0, 0.05) is 24.4 Å². The molecule has 0 aromatic heterocycles. The van der Waals surface area contributed by atoms with Crippen LogP contribution in [0, 0.1) is 12.3 Å². The highest BCUT2D eigenvalue weighted by atomic mass is 15.2. The quantitative estimate of drug-likeness (QED) is 0.454. The first-order valence-corrected chi connectivity index (χ1v) is 4.32. The molecule has 0 aromatic carbocycles. The molecule has 0 radical (unpaired) electrons. The largest absolute Gasteiger partial charge is 0.350 e. The second-order valence-corrected chi connectivity index (χ2v) is 3.09. The van der Waals surface area contributed by atoms with E-state index in [0.717, 1.165) is 32.2 Å². The third kappa shape index (κ3) is 1.92. The number of rotatable bonds is 3. The van der Waals surface area contributed by atoms with Gasteiger partial charge in [-0.05, 0) is 19.3 Å². The van der Waals surface area contributed by atoms with Gasteiger partial charge in [0.15, 0.2) is 0 Å². The molecule has 0 bridgehead atoms. The predicted octanol–water partition coefficient (Wildman–Crippen LogP) is 2.52. The van der Waals surface area contributed by atoms with Gasteiger partial charge in [0.2, 0.25) is 0 Å². The van der Waals surface area contributed by atoms with Crippen LogP contribution in [0.2, 0.25) is 0 Å². The first-order valence-electron chi connectivity index (χ1n) is 4.32. The average molecular weight is 161 g/mol. The molecule has 0 aliphatic carbocycles. The maximum absolute atomic E-state index is 5.17. The minimum absolute atomic E-state index is 0.844. The summed E-state index contributed by atoms with van der Waals surface area (Å²) in [6, 6.07) is 0. The van der Waals surface area contributed by atoms with E-state index in [-0.39, 0.29) is 0 Å². The predicted molar refractivity (Wildman–Crippen MR) is 52.3 cm³/mol. The van der Waals surface area contributed by atoms with Gasteiger partial charge in [-0.2, -0.15) is 0 Å². The van der Waals surface area contributed by atoms with Gasteiger partial charge >= 0.3 is 0 Å². The summed E-state index contributed by atoms with van der Waals surface area (Å²) in [6.07, 6.45) is 9.18. The molecule has 0 spiro atoms. The summed E-state index contributed by atoms with van der Waals surface area (Å²) in [6.45, 7) is 8.94. The van der Waals surface area contributed by atoms with Crippen LogP contribution in [0.1, 0.15) is 25.7 Å². The van der Waals surface area contributed by atoms with Crippen LogP contribution in [0.25, 0.3) is 0 Å². The van der Waals surface area contributed by atoms with Crippen LogP contribution in [0.3, 0.4) is 0 Å². The lowest BCUT2D eigenvalue weighted by Crippen LogP contribution is -2.16. The fraction of sp³-hybridized carbons (Fsp3) is 0.455. The summed E-state index contributed by atoms with van der Waals surface area (Å²) in [5.41, 5.74) is 2.38. The molecule has 1 saturated heterocycles. The van der Waals surface area contributed by atoms with E-state index in [1.165, 1.54) is 11.4 Å². The summed E-state index contributed by atoms with van der Waals surface area (Å²) in [5, 5.41) is 0. The smallest absolute Gasteiger partial charge is 0.0233 e. The zero-order valence-electron chi connectivity index (χ0n) is 7.47. The molecular weight excluding hydrogens is 146 g/mol. The summed E-state index contributed by atoms with van der Waals surface area (Å²) < 4.78 is 0. The van der Waals surface area contributed by atoms with Crippen LogP contribution in [0.4, 0.5) is 0 Å². The van der Waals surface area contributed by atoms with Crippen LogP contribution in [0.5, 0.6) is 0 Å². The van der Waals surface area contributed by atoms with Gasteiger partial charge in [0.25, 0.3) is 0 Å². The molecule has 1 rings (SSSR count). The third-order valence-corrected chi connectivity index (χ3v) is 2.17. The molecular formula is C11H15N. The lowest BCUT2D eigenvalue weighted by molar-refractivity contribution is 0.450. The molecule has 0 N–H and O–H groups in total. The molecule has 0 saturated carbocycles. The van der Waals surface area contributed by atoms with Crippen molar-refractivity contribution in [2.75, 3.05) is 6.54 Å². The molecule has 0 amide bonds. The molecule has 1 fully saturated rings. The van der Waals surface area contributed by atoms with Gasteiger partial charge in [-0.15, -0.1) is 12.3 Å². The van der Waals surface area contributed by atoms with Crippen molar-refractivity contribution in [3.05, 3.63) is 24.6 Å². The standard InChI is InChI=1S/C11H15N/c1-4-5-6-9-12-10(2)7-8-11(12)3/h1H,2-3,5-9H2. The number of hydrogen-bond donors (Lipinski definition) is 0. The lowest BCUT2D eigenvalue weighted by atomic mass is 10.3. The molecule has 1 heteroatoms. The highest BCUT2D eigenvalue weighted by Gasteiger charge is 2.17. The van der Waals surface area contributed by atoms with Crippen LogP contribution >= 0.6 is 0 Å². The minimum Gasteiger partial charge on any atom is -0.350 e. The summed E-state index contributed by atoms with van der Waals surface area (Å²) in [7, 11) is 0. The number of allylic oxidation sites excluding steroid dienone is 2. The molecule has 64 valence electrons. The fourth-order valence-corrected chi connectivity index (χ4v) is 1.44. The van der Waals surface area contributed by atoms with Crippen molar-refractivity contribution < 1.29 is 0 Å². The van der Waals surface area contributed by atoms with E-state index >= 15 is 0 Å². The van der Waals surface area contributed by atoms with Crippen molar-refractivity contribution in [1.82, 2.24) is 4.90 Å². The van der Waals surface area contributed by atoms with E-state index in [2.05, 4.69) is 24.0 Å². The third-order valence-electron chi connectivity index (χ3n) is 2.17. The summed E-state index contributed by atoms with van der Waals surface area (Å²) >= 11 is 0. The van der Waals surface area contributed by atoms with Crippen molar-refractivity contribution in [3.63, 3.8) is 0 Å². The monoisotopic (exact) mass is 161 g/mol. The topological polar surface area (TPSA) is 3.24 Å². The Hall–Kier alpha value is -1.16. The number of terminal acetylenes is 1. The summed E-state index contributed by atoms with van der Waals surface area (Å²) in [5.74, 6) is 2.64. The van der Waals surface area contributed by atoms with E-state index in [1.807, 2.05) is 0 Å². The van der Waals surface area contributed by atoms with E-state index in [4.69, 9.17) is 6.42 Å². The van der Waals surface area contributed by atoms with Crippen molar-refractivity contribution in [3.8, 4) is 12.3 Å². The lowest BCUT2D eigenvalue weighted by Gasteiger charge is -2.19. The Kier molecular flexibility index (Phi) is 2.99. The van der Waals surface area contributed by atoms with Crippen LogP contribution in [-0.2, 0) is 0 Å². The van der Waals surface area contributed by atoms with E-state index in [1.54, 1.807) is 0 Å². The van der Waals surface area contributed by atoms with Crippen molar-refractivity contribution in [2.45, 2.75) is 25.7 Å². The number of hydrogen-bond acceptors (Lipinski definition) is 1. The maximum atomic E-state index is 5.17. The first-order chi connectivity index (χ1) is 5.75. The average Bonchev–Trinajstić information content (AvgIpc) is 2.35. The van der Waals surface area contributed by atoms with Gasteiger partial charge in [-0.3, -0.25) is 0 Å². The number of nitrogens with zero attached hydrogens (tertiary/aromatic N) is 1. The van der Waals surface area contributed by atoms with E-state index in [9.17, 15) is 0 Å². The fourth-order valence-electron chi connectivity index (χ4n) is 1.44. The van der Waals surface area contributed by atoms with Gasteiger partial charge in [0.05, 0.1) is 0 Å². The minimum atomic E-state index is 0.844. The van der Waals surface area contributed by atoms with Gasteiger partial charge in [-0.1, -0.05) is 13.2 Å². The number of likely N-dealkylation sites (tertiary alicyclic amines) is 1. The Morgan fingerprint density at radius 3 is 2.42 bits per heavy atom. The van der Waals surface area contributed by atoms with E-state index < -0.39 is 0 Å². The van der Waals surface area contributed by atoms with Crippen LogP contribution in [0.15, 0.2) is 24.6 Å². The molecule has 0 atom stereocenters. The molecule has 1 aliphatic rings.